The number of carbonyl (C=O) groups is 1. The van der Waals surface area contributed by atoms with Gasteiger partial charge in [0.1, 0.15) is 10.6 Å². The SMILES string of the molecule is COc1ccccc1S(=O)(=O)NCC1(C(=O)O)CC1. The lowest BCUT2D eigenvalue weighted by Crippen LogP contribution is -2.34. The lowest BCUT2D eigenvalue weighted by atomic mass is 10.1. The first kappa shape index (κ1) is 13.8. The van der Waals surface area contributed by atoms with Crippen molar-refractivity contribution >= 4 is 16.0 Å². The summed E-state index contributed by atoms with van der Waals surface area (Å²) in [6, 6.07) is 6.21. The molecule has 1 aromatic rings. The number of sulfonamides is 1. The van der Waals surface area contributed by atoms with Crippen LogP contribution in [-0.2, 0) is 14.8 Å². The van der Waals surface area contributed by atoms with Crippen LogP contribution in [0.2, 0.25) is 0 Å². The molecule has 0 heterocycles. The number of rotatable bonds is 6. The summed E-state index contributed by atoms with van der Waals surface area (Å²) >= 11 is 0. The highest BCUT2D eigenvalue weighted by Crippen LogP contribution is 2.45. The predicted octanol–water partition coefficient (Wildman–Crippen LogP) is 0.838. The highest BCUT2D eigenvalue weighted by Gasteiger charge is 2.50. The maximum atomic E-state index is 12.1. The van der Waals surface area contributed by atoms with Crippen molar-refractivity contribution in [2.45, 2.75) is 17.7 Å². The molecule has 1 saturated carbocycles. The Labute approximate surface area is 111 Å². The first-order valence-electron chi connectivity index (χ1n) is 5.77. The number of nitrogens with one attached hydrogen (secondary N) is 1. The van der Waals surface area contributed by atoms with Crippen LogP contribution in [0.15, 0.2) is 29.2 Å². The van der Waals surface area contributed by atoms with Gasteiger partial charge in [-0.3, -0.25) is 4.79 Å². The van der Waals surface area contributed by atoms with Gasteiger partial charge in [0, 0.05) is 6.54 Å². The quantitative estimate of drug-likeness (QED) is 0.808. The van der Waals surface area contributed by atoms with Crippen molar-refractivity contribution < 1.29 is 23.1 Å². The van der Waals surface area contributed by atoms with E-state index in [4.69, 9.17) is 9.84 Å². The van der Waals surface area contributed by atoms with Crippen LogP contribution in [0.3, 0.4) is 0 Å². The number of carboxylic acid groups (broad SMARTS) is 1. The van der Waals surface area contributed by atoms with Crippen molar-refractivity contribution in [1.29, 1.82) is 0 Å². The Kier molecular flexibility index (Phi) is 3.51. The van der Waals surface area contributed by atoms with E-state index in [2.05, 4.69) is 4.72 Å². The number of methoxy groups -OCH3 is 1. The van der Waals surface area contributed by atoms with E-state index >= 15 is 0 Å². The standard InChI is InChI=1S/C12H15NO5S/c1-18-9-4-2-3-5-10(9)19(16,17)13-8-12(6-7-12)11(14)15/h2-5,13H,6-8H2,1H3,(H,14,15). The Hall–Kier alpha value is -1.60. The van der Waals surface area contributed by atoms with E-state index in [0.717, 1.165) is 0 Å². The minimum atomic E-state index is -3.77. The second-order valence-electron chi connectivity index (χ2n) is 4.56. The molecule has 0 atom stereocenters. The molecule has 2 N–H and O–H groups in total. The fraction of sp³-hybridized carbons (Fsp3) is 0.417. The van der Waals surface area contributed by atoms with Crippen LogP contribution in [0.4, 0.5) is 0 Å². The zero-order valence-electron chi connectivity index (χ0n) is 10.4. The zero-order valence-corrected chi connectivity index (χ0v) is 11.2. The van der Waals surface area contributed by atoms with Gasteiger partial charge in [0.05, 0.1) is 12.5 Å². The highest BCUT2D eigenvalue weighted by molar-refractivity contribution is 7.89. The predicted molar refractivity (Wildman–Crippen MR) is 67.5 cm³/mol. The number of carboxylic acids is 1. The van der Waals surface area contributed by atoms with Crippen LogP contribution in [-0.4, -0.2) is 33.1 Å². The minimum Gasteiger partial charge on any atom is -0.495 e. The average molecular weight is 285 g/mol. The van der Waals surface area contributed by atoms with Crippen molar-refractivity contribution in [2.75, 3.05) is 13.7 Å². The topological polar surface area (TPSA) is 92.7 Å². The minimum absolute atomic E-state index is 0.0127. The van der Waals surface area contributed by atoms with Crippen LogP contribution < -0.4 is 9.46 Å². The summed E-state index contributed by atoms with van der Waals surface area (Å²) < 4.78 is 31.6. The first-order valence-corrected chi connectivity index (χ1v) is 7.26. The number of hydrogen-bond acceptors (Lipinski definition) is 4. The fourth-order valence-corrected chi connectivity index (χ4v) is 3.06. The molecule has 7 heteroatoms. The molecule has 1 fully saturated rings. The zero-order chi connectivity index (χ0) is 14.1. The lowest BCUT2D eigenvalue weighted by molar-refractivity contribution is -0.143. The summed E-state index contributed by atoms with van der Waals surface area (Å²) in [6.07, 6.45) is 0.994. The van der Waals surface area contributed by atoms with E-state index < -0.39 is 21.4 Å². The first-order chi connectivity index (χ1) is 8.91. The van der Waals surface area contributed by atoms with Crippen LogP contribution in [0.25, 0.3) is 0 Å². The molecule has 0 saturated heterocycles. The molecule has 0 radical (unpaired) electrons. The molecular weight excluding hydrogens is 270 g/mol. The maximum absolute atomic E-state index is 12.1. The van der Waals surface area contributed by atoms with Gasteiger partial charge >= 0.3 is 5.97 Å². The second-order valence-corrected chi connectivity index (χ2v) is 6.30. The van der Waals surface area contributed by atoms with Gasteiger partial charge in [-0.15, -0.1) is 0 Å². The maximum Gasteiger partial charge on any atom is 0.310 e. The largest absolute Gasteiger partial charge is 0.495 e. The Balaban J connectivity index is 2.17. The lowest BCUT2D eigenvalue weighted by Gasteiger charge is -2.13. The number of hydrogen-bond donors (Lipinski definition) is 2. The van der Waals surface area contributed by atoms with Crippen LogP contribution in [0.1, 0.15) is 12.8 Å². The number of benzene rings is 1. The molecule has 0 amide bonds. The third-order valence-electron chi connectivity index (χ3n) is 3.27. The number of aliphatic carboxylic acids is 1. The van der Waals surface area contributed by atoms with Gasteiger partial charge in [0.2, 0.25) is 10.0 Å². The van der Waals surface area contributed by atoms with Gasteiger partial charge in [0.25, 0.3) is 0 Å². The van der Waals surface area contributed by atoms with Crippen molar-refractivity contribution in [2.24, 2.45) is 5.41 Å². The summed E-state index contributed by atoms with van der Waals surface area (Å²) in [4.78, 5) is 11.0. The van der Waals surface area contributed by atoms with Gasteiger partial charge in [-0.05, 0) is 25.0 Å². The molecule has 0 spiro atoms. The van der Waals surface area contributed by atoms with Crippen molar-refractivity contribution in [3.63, 3.8) is 0 Å². The van der Waals surface area contributed by atoms with Gasteiger partial charge in [-0.2, -0.15) is 0 Å². The van der Waals surface area contributed by atoms with E-state index in [1.807, 2.05) is 0 Å². The van der Waals surface area contributed by atoms with Crippen molar-refractivity contribution in [3.8, 4) is 5.75 Å². The number of para-hydroxylation sites is 1. The third-order valence-corrected chi connectivity index (χ3v) is 4.71. The Morgan fingerprint density at radius 2 is 2.05 bits per heavy atom. The monoisotopic (exact) mass is 285 g/mol. The van der Waals surface area contributed by atoms with Crippen molar-refractivity contribution in [1.82, 2.24) is 4.72 Å². The van der Waals surface area contributed by atoms with Gasteiger partial charge in [-0.25, -0.2) is 13.1 Å². The number of ether oxygens (including phenoxy) is 1. The average Bonchev–Trinajstić information content (AvgIpc) is 3.18. The molecule has 1 aromatic carbocycles. The van der Waals surface area contributed by atoms with Gasteiger partial charge < -0.3 is 9.84 Å². The normalized spacial score (nSPS) is 16.9. The molecule has 104 valence electrons. The summed E-state index contributed by atoms with van der Waals surface area (Å²) in [6.45, 7) is -0.0945. The molecule has 1 aliphatic carbocycles. The molecule has 0 bridgehead atoms. The fourth-order valence-electron chi connectivity index (χ4n) is 1.77. The van der Waals surface area contributed by atoms with Crippen molar-refractivity contribution in [3.05, 3.63) is 24.3 Å². The van der Waals surface area contributed by atoms with E-state index in [1.165, 1.54) is 13.2 Å². The molecule has 1 aliphatic rings. The smallest absolute Gasteiger partial charge is 0.310 e. The summed E-state index contributed by atoms with van der Waals surface area (Å²) in [5.41, 5.74) is -0.935. The molecule has 19 heavy (non-hydrogen) atoms. The van der Waals surface area contributed by atoms with E-state index in [1.54, 1.807) is 18.2 Å². The van der Waals surface area contributed by atoms with E-state index in [-0.39, 0.29) is 17.2 Å². The molecule has 2 rings (SSSR count). The molecule has 0 aromatic heterocycles. The Morgan fingerprint density at radius 3 is 2.58 bits per heavy atom. The van der Waals surface area contributed by atoms with E-state index in [0.29, 0.717) is 12.8 Å². The molecular formula is C12H15NO5S. The second kappa shape index (κ2) is 4.82. The van der Waals surface area contributed by atoms with Gasteiger partial charge in [-0.1, -0.05) is 12.1 Å². The van der Waals surface area contributed by atoms with E-state index in [9.17, 15) is 13.2 Å². The Morgan fingerprint density at radius 1 is 1.42 bits per heavy atom. The molecule has 0 unspecified atom stereocenters. The van der Waals surface area contributed by atoms with Gasteiger partial charge in [0.15, 0.2) is 0 Å². The highest BCUT2D eigenvalue weighted by atomic mass is 32.2. The Bertz CT molecular complexity index is 592. The van der Waals surface area contributed by atoms with Crippen LogP contribution >= 0.6 is 0 Å². The third kappa shape index (κ3) is 2.71. The summed E-state index contributed by atoms with van der Waals surface area (Å²) in [7, 11) is -2.39. The molecule has 0 aliphatic heterocycles. The summed E-state index contributed by atoms with van der Waals surface area (Å²) in [5, 5.41) is 9.01. The van der Waals surface area contributed by atoms with Crippen LogP contribution in [0.5, 0.6) is 5.75 Å². The summed E-state index contributed by atoms with van der Waals surface area (Å²) in [5.74, 6) is -0.731. The molecule has 6 nitrogen and oxygen atoms in total. The van der Waals surface area contributed by atoms with Crippen LogP contribution in [0, 0.1) is 5.41 Å².